The lowest BCUT2D eigenvalue weighted by atomic mass is 9.77. The number of carbonyl (C=O) groups is 1. The Kier molecular flexibility index (Phi) is 5.60. The first-order valence-electron chi connectivity index (χ1n) is 12.7. The number of hydrogen-bond donors (Lipinski definition) is 3. The van der Waals surface area contributed by atoms with Crippen molar-refractivity contribution in [3.05, 3.63) is 59.5 Å². The first-order chi connectivity index (χ1) is 17.0. The van der Waals surface area contributed by atoms with Crippen molar-refractivity contribution in [2.75, 3.05) is 18.0 Å². The first-order valence-corrected chi connectivity index (χ1v) is 12.7. The number of halogens is 1. The van der Waals surface area contributed by atoms with E-state index in [-0.39, 0.29) is 35.9 Å². The van der Waals surface area contributed by atoms with Gasteiger partial charge in [-0.3, -0.25) is 4.98 Å². The summed E-state index contributed by atoms with van der Waals surface area (Å²) in [5.74, 6) is 0.0120. The number of nitrogens with zero attached hydrogens (tertiary/aromatic N) is 2. The van der Waals surface area contributed by atoms with Gasteiger partial charge in [0.1, 0.15) is 5.82 Å². The fourth-order valence-corrected chi connectivity index (χ4v) is 6.29. The third-order valence-corrected chi connectivity index (χ3v) is 8.01. The smallest absolute Gasteiger partial charge is 0.315 e. The van der Waals surface area contributed by atoms with Crippen molar-refractivity contribution < 1.29 is 9.18 Å². The Morgan fingerprint density at radius 1 is 1.06 bits per heavy atom. The molecule has 3 fully saturated rings. The van der Waals surface area contributed by atoms with Gasteiger partial charge in [-0.1, -0.05) is 18.6 Å². The standard InChI is InChI=1S/C28H32FN5O/c1-16-11-18(13-19(29)12-16)23-15-31-24-6-5-17(21-3-2-4-25-26(21)33-28(35)32-25)14-22(24)27(23)34-9-7-20(30)8-10-34/h5-6,11-15,20-21,25-26H,2-4,7-10,30H2,1H3,(H2,32,33,35). The third kappa shape index (κ3) is 4.12. The Morgan fingerprint density at radius 2 is 1.89 bits per heavy atom. The molecule has 1 saturated carbocycles. The molecule has 35 heavy (non-hydrogen) atoms. The van der Waals surface area contributed by atoms with E-state index in [9.17, 15) is 9.18 Å². The highest BCUT2D eigenvalue weighted by Crippen LogP contribution is 2.41. The van der Waals surface area contributed by atoms with Crippen LogP contribution in [0.4, 0.5) is 14.9 Å². The van der Waals surface area contributed by atoms with Crippen molar-refractivity contribution >= 4 is 22.6 Å². The zero-order chi connectivity index (χ0) is 24.1. The molecule has 3 aliphatic rings. The van der Waals surface area contributed by atoms with E-state index in [4.69, 9.17) is 10.7 Å². The molecule has 2 amide bonds. The van der Waals surface area contributed by atoms with Crippen LogP contribution in [0.25, 0.3) is 22.0 Å². The first kappa shape index (κ1) is 22.3. The lowest BCUT2D eigenvalue weighted by molar-refractivity contribution is 0.246. The maximum Gasteiger partial charge on any atom is 0.315 e. The summed E-state index contributed by atoms with van der Waals surface area (Å²) in [5, 5.41) is 7.32. The molecule has 2 saturated heterocycles. The summed E-state index contributed by atoms with van der Waals surface area (Å²) in [6.45, 7) is 3.64. The highest BCUT2D eigenvalue weighted by Gasteiger charge is 2.40. The molecule has 7 heteroatoms. The number of hydrogen-bond acceptors (Lipinski definition) is 4. The van der Waals surface area contributed by atoms with Gasteiger partial charge in [-0.25, -0.2) is 9.18 Å². The van der Waals surface area contributed by atoms with E-state index in [1.54, 1.807) is 12.1 Å². The van der Waals surface area contributed by atoms with E-state index in [0.29, 0.717) is 0 Å². The average molecular weight is 474 g/mol. The van der Waals surface area contributed by atoms with Crippen LogP contribution >= 0.6 is 0 Å². The van der Waals surface area contributed by atoms with Crippen LogP contribution in [0, 0.1) is 12.7 Å². The summed E-state index contributed by atoms with van der Waals surface area (Å²) in [7, 11) is 0. The van der Waals surface area contributed by atoms with Crippen molar-refractivity contribution in [1.82, 2.24) is 15.6 Å². The van der Waals surface area contributed by atoms with Crippen molar-refractivity contribution in [3.8, 4) is 11.1 Å². The fraction of sp³-hybridized carbons (Fsp3) is 0.429. The highest BCUT2D eigenvalue weighted by molar-refractivity contribution is 6.00. The molecule has 2 aliphatic heterocycles. The maximum absolute atomic E-state index is 14.4. The predicted octanol–water partition coefficient (Wildman–Crippen LogP) is 4.59. The van der Waals surface area contributed by atoms with Crippen LogP contribution in [-0.2, 0) is 0 Å². The highest BCUT2D eigenvalue weighted by atomic mass is 19.1. The average Bonchev–Trinajstić information content (AvgIpc) is 3.23. The molecule has 2 aromatic carbocycles. The van der Waals surface area contributed by atoms with Gasteiger partial charge in [0, 0.05) is 42.2 Å². The number of nitrogens with one attached hydrogen (secondary N) is 2. The topological polar surface area (TPSA) is 83.3 Å². The fourth-order valence-electron chi connectivity index (χ4n) is 6.29. The quantitative estimate of drug-likeness (QED) is 0.519. The van der Waals surface area contributed by atoms with Gasteiger partial charge in [0.25, 0.3) is 0 Å². The Morgan fingerprint density at radius 3 is 2.69 bits per heavy atom. The van der Waals surface area contributed by atoms with E-state index >= 15 is 0 Å². The number of fused-ring (bicyclic) bond motifs is 2. The van der Waals surface area contributed by atoms with Crippen LogP contribution in [0.1, 0.15) is 49.1 Å². The number of aromatic nitrogens is 1. The second kappa shape index (κ2) is 8.79. The molecular weight excluding hydrogens is 441 g/mol. The minimum atomic E-state index is -0.238. The van der Waals surface area contributed by atoms with Crippen LogP contribution in [0.3, 0.4) is 0 Å². The summed E-state index contributed by atoms with van der Waals surface area (Å²) in [5.41, 5.74) is 12.2. The van der Waals surface area contributed by atoms with Crippen LogP contribution in [0.5, 0.6) is 0 Å². The van der Waals surface area contributed by atoms with Crippen molar-refractivity contribution in [2.45, 2.75) is 63.1 Å². The molecule has 4 N–H and O–H groups in total. The molecule has 182 valence electrons. The van der Waals surface area contributed by atoms with E-state index in [2.05, 4.69) is 33.7 Å². The van der Waals surface area contributed by atoms with Crippen molar-refractivity contribution in [3.63, 3.8) is 0 Å². The monoisotopic (exact) mass is 473 g/mol. The summed E-state index contributed by atoms with van der Waals surface area (Å²) in [6, 6.07) is 12.1. The number of pyridine rings is 1. The Labute approximate surface area is 205 Å². The number of benzene rings is 2. The van der Waals surface area contributed by atoms with Gasteiger partial charge < -0.3 is 21.3 Å². The molecule has 0 spiro atoms. The molecule has 1 aromatic heterocycles. The molecule has 1 aliphatic carbocycles. The number of urea groups is 1. The normalized spacial score (nSPS) is 24.8. The third-order valence-electron chi connectivity index (χ3n) is 8.01. The minimum absolute atomic E-state index is 0.0662. The van der Waals surface area contributed by atoms with Gasteiger partial charge >= 0.3 is 6.03 Å². The zero-order valence-electron chi connectivity index (χ0n) is 20.1. The summed E-state index contributed by atoms with van der Waals surface area (Å²) in [4.78, 5) is 19.3. The number of anilines is 1. The van der Waals surface area contributed by atoms with Crippen LogP contribution < -0.4 is 21.3 Å². The van der Waals surface area contributed by atoms with Gasteiger partial charge in [-0.15, -0.1) is 0 Å². The molecule has 3 atom stereocenters. The lowest BCUT2D eigenvalue weighted by Crippen LogP contribution is -2.42. The largest absolute Gasteiger partial charge is 0.370 e. The Bertz CT molecular complexity index is 1270. The molecule has 3 heterocycles. The lowest BCUT2D eigenvalue weighted by Gasteiger charge is -2.35. The number of aryl methyl sites for hydroxylation is 1. The van der Waals surface area contributed by atoms with Crippen molar-refractivity contribution in [2.24, 2.45) is 5.73 Å². The molecule has 3 aromatic rings. The van der Waals surface area contributed by atoms with Gasteiger partial charge in [0.2, 0.25) is 0 Å². The zero-order valence-corrected chi connectivity index (χ0v) is 20.1. The minimum Gasteiger partial charge on any atom is -0.370 e. The van der Waals surface area contributed by atoms with Gasteiger partial charge in [0.15, 0.2) is 0 Å². The maximum atomic E-state index is 14.4. The molecular formula is C28H32FN5O. The molecule has 6 nitrogen and oxygen atoms in total. The van der Waals surface area contributed by atoms with E-state index < -0.39 is 0 Å². The van der Waals surface area contributed by atoms with E-state index in [1.165, 1.54) is 5.56 Å². The van der Waals surface area contributed by atoms with Crippen molar-refractivity contribution in [1.29, 1.82) is 0 Å². The molecule has 6 rings (SSSR count). The van der Waals surface area contributed by atoms with E-state index in [0.717, 1.165) is 78.5 Å². The summed E-state index contributed by atoms with van der Waals surface area (Å²) >= 11 is 0. The number of nitrogens with two attached hydrogens (primary N) is 1. The second-order valence-corrected chi connectivity index (χ2v) is 10.4. The Balaban J connectivity index is 1.50. The summed E-state index contributed by atoms with van der Waals surface area (Å²) in [6.07, 6.45) is 6.88. The second-order valence-electron chi connectivity index (χ2n) is 10.4. The molecule has 0 bridgehead atoms. The number of amides is 2. The SMILES string of the molecule is Cc1cc(F)cc(-c2cnc3ccc(C4CCCC5NC(=O)NC54)cc3c2N2CCC(N)CC2)c1. The van der Waals surface area contributed by atoms with Crippen LogP contribution in [0.2, 0.25) is 0 Å². The number of rotatable bonds is 3. The van der Waals surface area contributed by atoms with E-state index in [1.807, 2.05) is 19.2 Å². The van der Waals surface area contributed by atoms with Gasteiger partial charge in [0.05, 0.1) is 23.3 Å². The van der Waals surface area contributed by atoms with Gasteiger partial charge in [-0.2, -0.15) is 0 Å². The van der Waals surface area contributed by atoms with Crippen LogP contribution in [0.15, 0.2) is 42.6 Å². The number of carbonyl (C=O) groups excluding carboxylic acids is 1. The Hall–Kier alpha value is -3.19. The number of piperidine rings is 1. The summed E-state index contributed by atoms with van der Waals surface area (Å²) < 4.78 is 14.4. The molecule has 3 unspecified atom stereocenters. The molecule has 0 radical (unpaired) electrons. The predicted molar refractivity (Wildman–Crippen MR) is 137 cm³/mol. The van der Waals surface area contributed by atoms with Crippen LogP contribution in [-0.4, -0.2) is 42.2 Å². The van der Waals surface area contributed by atoms with Gasteiger partial charge in [-0.05, 0) is 73.6 Å².